The maximum atomic E-state index is 11.7. The molecule has 0 bridgehead atoms. The predicted octanol–water partition coefficient (Wildman–Crippen LogP) is 1.54. The number of benzene rings is 1. The number of carboxylic acid groups (broad SMARTS) is 1. The first-order valence-electron chi connectivity index (χ1n) is 4.87. The number of aliphatic carboxylic acids is 1. The molecule has 1 fully saturated rings. The van der Waals surface area contributed by atoms with Crippen molar-refractivity contribution < 1.29 is 14.7 Å². The summed E-state index contributed by atoms with van der Waals surface area (Å²) in [5.41, 5.74) is 0.448. The van der Waals surface area contributed by atoms with Crippen molar-refractivity contribution in [2.45, 2.75) is 12.5 Å². The molecule has 1 aromatic rings. The molecular formula is C11H10ClNO3. The molecule has 1 amide bonds. The standard InChI is InChI=1S/C11H10ClNO3/c12-7-3-1-2-6(4-7)10(14)13-9-5-8(9)11(15)16/h1-4,8-9H,5H2,(H,13,14)(H,15,16). The summed E-state index contributed by atoms with van der Waals surface area (Å²) >= 11 is 5.75. The molecule has 0 aromatic heterocycles. The van der Waals surface area contributed by atoms with Crippen molar-refractivity contribution in [1.82, 2.24) is 5.32 Å². The Hall–Kier alpha value is -1.55. The Morgan fingerprint density at radius 1 is 1.44 bits per heavy atom. The van der Waals surface area contributed by atoms with Crippen LogP contribution in [0.5, 0.6) is 0 Å². The highest BCUT2D eigenvalue weighted by Gasteiger charge is 2.44. The number of carbonyl (C=O) groups excluding carboxylic acids is 1. The summed E-state index contributed by atoms with van der Waals surface area (Å²) in [7, 11) is 0. The van der Waals surface area contributed by atoms with E-state index in [0.29, 0.717) is 17.0 Å². The summed E-state index contributed by atoms with van der Waals surface area (Å²) in [5.74, 6) is -1.59. The first-order chi connectivity index (χ1) is 7.58. The average molecular weight is 240 g/mol. The van der Waals surface area contributed by atoms with E-state index >= 15 is 0 Å². The molecule has 2 rings (SSSR count). The van der Waals surface area contributed by atoms with Crippen LogP contribution in [0.3, 0.4) is 0 Å². The van der Waals surface area contributed by atoms with Crippen LogP contribution < -0.4 is 5.32 Å². The number of carbonyl (C=O) groups is 2. The van der Waals surface area contributed by atoms with E-state index in [1.807, 2.05) is 0 Å². The van der Waals surface area contributed by atoms with Crippen molar-refractivity contribution in [2.24, 2.45) is 5.92 Å². The molecule has 4 nitrogen and oxygen atoms in total. The monoisotopic (exact) mass is 239 g/mol. The van der Waals surface area contributed by atoms with Crippen LogP contribution in [0.2, 0.25) is 5.02 Å². The Morgan fingerprint density at radius 2 is 2.19 bits per heavy atom. The van der Waals surface area contributed by atoms with Crippen molar-refractivity contribution in [3.8, 4) is 0 Å². The van der Waals surface area contributed by atoms with Gasteiger partial charge in [0.1, 0.15) is 0 Å². The summed E-state index contributed by atoms with van der Waals surface area (Å²) in [6.45, 7) is 0. The summed E-state index contributed by atoms with van der Waals surface area (Å²) in [4.78, 5) is 22.2. The van der Waals surface area contributed by atoms with Gasteiger partial charge in [-0.2, -0.15) is 0 Å². The van der Waals surface area contributed by atoms with Gasteiger partial charge in [-0.05, 0) is 24.6 Å². The van der Waals surface area contributed by atoms with Gasteiger partial charge in [0.2, 0.25) is 0 Å². The van der Waals surface area contributed by atoms with Crippen molar-refractivity contribution in [3.63, 3.8) is 0 Å². The smallest absolute Gasteiger partial charge is 0.308 e. The van der Waals surface area contributed by atoms with Crippen LogP contribution in [0.25, 0.3) is 0 Å². The van der Waals surface area contributed by atoms with Crippen LogP contribution in [0.1, 0.15) is 16.8 Å². The average Bonchev–Trinajstić information content (AvgIpc) is 2.97. The van der Waals surface area contributed by atoms with Gasteiger partial charge >= 0.3 is 5.97 Å². The lowest BCUT2D eigenvalue weighted by Crippen LogP contribution is -2.28. The highest BCUT2D eigenvalue weighted by atomic mass is 35.5. The third-order valence-corrected chi connectivity index (χ3v) is 2.75. The molecule has 5 heteroatoms. The fraction of sp³-hybridized carbons (Fsp3) is 0.273. The van der Waals surface area contributed by atoms with E-state index in [-0.39, 0.29) is 11.9 Å². The zero-order chi connectivity index (χ0) is 11.7. The van der Waals surface area contributed by atoms with Gasteiger partial charge in [-0.25, -0.2) is 0 Å². The lowest BCUT2D eigenvalue weighted by Gasteiger charge is -2.03. The predicted molar refractivity (Wildman–Crippen MR) is 58.4 cm³/mol. The van der Waals surface area contributed by atoms with E-state index in [4.69, 9.17) is 16.7 Å². The van der Waals surface area contributed by atoms with Gasteiger partial charge < -0.3 is 10.4 Å². The molecule has 1 saturated carbocycles. The third-order valence-electron chi connectivity index (χ3n) is 2.51. The van der Waals surface area contributed by atoms with E-state index in [1.54, 1.807) is 24.3 Å². The number of rotatable bonds is 3. The van der Waals surface area contributed by atoms with Crippen LogP contribution in [-0.2, 0) is 4.79 Å². The summed E-state index contributed by atoms with van der Waals surface area (Å²) in [6, 6.07) is 6.30. The highest BCUT2D eigenvalue weighted by molar-refractivity contribution is 6.30. The molecule has 2 unspecified atom stereocenters. The summed E-state index contributed by atoms with van der Waals surface area (Å²) in [5, 5.41) is 11.8. The topological polar surface area (TPSA) is 66.4 Å². The number of hydrogen-bond acceptors (Lipinski definition) is 2. The zero-order valence-corrected chi connectivity index (χ0v) is 9.07. The maximum absolute atomic E-state index is 11.7. The molecule has 1 aromatic carbocycles. The van der Waals surface area contributed by atoms with Crippen LogP contribution in [0.15, 0.2) is 24.3 Å². The first kappa shape index (κ1) is 11.0. The van der Waals surface area contributed by atoms with E-state index in [9.17, 15) is 9.59 Å². The van der Waals surface area contributed by atoms with E-state index in [0.717, 1.165) is 0 Å². The molecule has 1 aliphatic carbocycles. The Morgan fingerprint density at radius 3 is 2.75 bits per heavy atom. The molecule has 16 heavy (non-hydrogen) atoms. The second-order valence-electron chi connectivity index (χ2n) is 3.77. The van der Waals surface area contributed by atoms with Crippen molar-refractivity contribution >= 4 is 23.5 Å². The Balaban J connectivity index is 1.97. The van der Waals surface area contributed by atoms with Crippen LogP contribution in [0, 0.1) is 5.92 Å². The zero-order valence-electron chi connectivity index (χ0n) is 8.31. The minimum Gasteiger partial charge on any atom is -0.481 e. The van der Waals surface area contributed by atoms with Crippen molar-refractivity contribution in [2.75, 3.05) is 0 Å². The Labute approximate surface area is 97.2 Å². The molecule has 2 atom stereocenters. The van der Waals surface area contributed by atoms with E-state index < -0.39 is 11.9 Å². The SMILES string of the molecule is O=C(NC1CC1C(=O)O)c1cccc(Cl)c1. The lowest BCUT2D eigenvalue weighted by atomic mass is 10.2. The van der Waals surface area contributed by atoms with Crippen LogP contribution >= 0.6 is 11.6 Å². The van der Waals surface area contributed by atoms with Gasteiger partial charge in [0.25, 0.3) is 5.91 Å². The van der Waals surface area contributed by atoms with E-state index in [1.165, 1.54) is 0 Å². The fourth-order valence-corrected chi connectivity index (χ4v) is 1.70. The largest absolute Gasteiger partial charge is 0.481 e. The molecule has 0 saturated heterocycles. The lowest BCUT2D eigenvalue weighted by molar-refractivity contribution is -0.138. The third kappa shape index (κ3) is 2.33. The van der Waals surface area contributed by atoms with Crippen LogP contribution in [-0.4, -0.2) is 23.0 Å². The fourth-order valence-electron chi connectivity index (χ4n) is 1.51. The van der Waals surface area contributed by atoms with Gasteiger partial charge in [0.05, 0.1) is 5.92 Å². The number of hydrogen-bond donors (Lipinski definition) is 2. The molecule has 1 aliphatic rings. The number of nitrogens with one attached hydrogen (secondary N) is 1. The molecular weight excluding hydrogens is 230 g/mol. The minimum atomic E-state index is -0.864. The number of carboxylic acids is 1. The Kier molecular flexibility index (Phi) is 2.83. The second-order valence-corrected chi connectivity index (χ2v) is 4.21. The minimum absolute atomic E-state index is 0.246. The normalized spacial score (nSPS) is 22.6. The molecule has 2 N–H and O–H groups in total. The Bertz CT molecular complexity index is 447. The summed E-state index contributed by atoms with van der Waals surface area (Å²) in [6.07, 6.45) is 0.502. The number of amides is 1. The van der Waals surface area contributed by atoms with Gasteiger partial charge in [-0.3, -0.25) is 9.59 Å². The number of halogens is 1. The molecule has 84 valence electrons. The van der Waals surface area contributed by atoms with Gasteiger partial charge in [0.15, 0.2) is 0 Å². The van der Waals surface area contributed by atoms with Gasteiger partial charge in [0, 0.05) is 16.6 Å². The maximum Gasteiger partial charge on any atom is 0.308 e. The van der Waals surface area contributed by atoms with Crippen molar-refractivity contribution in [3.05, 3.63) is 34.9 Å². The first-order valence-corrected chi connectivity index (χ1v) is 5.25. The van der Waals surface area contributed by atoms with E-state index in [2.05, 4.69) is 5.32 Å². The van der Waals surface area contributed by atoms with Gasteiger partial charge in [-0.15, -0.1) is 0 Å². The second kappa shape index (κ2) is 4.14. The quantitative estimate of drug-likeness (QED) is 0.841. The van der Waals surface area contributed by atoms with Crippen molar-refractivity contribution in [1.29, 1.82) is 0 Å². The summed E-state index contributed by atoms with van der Waals surface area (Å²) < 4.78 is 0. The molecule has 0 aliphatic heterocycles. The van der Waals surface area contributed by atoms with Gasteiger partial charge in [-0.1, -0.05) is 17.7 Å². The molecule has 0 heterocycles. The highest BCUT2D eigenvalue weighted by Crippen LogP contribution is 2.30. The molecule has 0 spiro atoms. The molecule has 0 radical (unpaired) electrons. The van der Waals surface area contributed by atoms with Crippen LogP contribution in [0.4, 0.5) is 0 Å².